The minimum Gasteiger partial charge on any atom is -0.465 e. The lowest BCUT2D eigenvalue weighted by Gasteiger charge is -2.11. The SMILES string of the molecule is COC(=O)c1cc(Nc2ncnc3sc(C(=O)OCC(C)C)c(C)c23)cc(C(=O)OC)c1. The predicted octanol–water partition coefficient (Wildman–Crippen LogP) is 4.13. The molecule has 10 heteroatoms. The first-order valence-corrected chi connectivity index (χ1v) is 10.6. The summed E-state index contributed by atoms with van der Waals surface area (Å²) in [6.45, 7) is 6.04. The number of esters is 3. The highest BCUT2D eigenvalue weighted by atomic mass is 32.1. The van der Waals surface area contributed by atoms with Gasteiger partial charge in [0.2, 0.25) is 0 Å². The molecule has 0 aliphatic rings. The summed E-state index contributed by atoms with van der Waals surface area (Å²) in [7, 11) is 2.51. The summed E-state index contributed by atoms with van der Waals surface area (Å²) in [4.78, 5) is 46.3. The number of nitrogens with zero attached hydrogens (tertiary/aromatic N) is 2. The van der Waals surface area contributed by atoms with Crippen LogP contribution in [0.5, 0.6) is 0 Å². The quantitative estimate of drug-likeness (QED) is 0.413. The van der Waals surface area contributed by atoms with Gasteiger partial charge in [-0.2, -0.15) is 0 Å². The number of carbonyl (C=O) groups excluding carboxylic acids is 3. The van der Waals surface area contributed by atoms with Crippen molar-refractivity contribution in [2.75, 3.05) is 26.1 Å². The van der Waals surface area contributed by atoms with Gasteiger partial charge >= 0.3 is 17.9 Å². The molecule has 0 atom stereocenters. The molecule has 0 aliphatic carbocycles. The fourth-order valence-electron chi connectivity index (χ4n) is 2.98. The van der Waals surface area contributed by atoms with E-state index >= 15 is 0 Å². The maximum atomic E-state index is 12.5. The van der Waals surface area contributed by atoms with Gasteiger partial charge in [0.15, 0.2) is 0 Å². The molecule has 168 valence electrons. The van der Waals surface area contributed by atoms with E-state index in [2.05, 4.69) is 15.3 Å². The van der Waals surface area contributed by atoms with Crippen LogP contribution in [-0.4, -0.2) is 48.7 Å². The van der Waals surface area contributed by atoms with Gasteiger partial charge in [0.05, 0.1) is 37.3 Å². The van der Waals surface area contributed by atoms with Crippen molar-refractivity contribution < 1.29 is 28.6 Å². The molecule has 0 fully saturated rings. The van der Waals surface area contributed by atoms with Crippen molar-refractivity contribution in [2.45, 2.75) is 20.8 Å². The third-order valence-electron chi connectivity index (χ3n) is 4.50. The number of anilines is 2. The summed E-state index contributed by atoms with van der Waals surface area (Å²) in [6, 6.07) is 4.45. The van der Waals surface area contributed by atoms with Gasteiger partial charge in [-0.15, -0.1) is 11.3 Å². The minimum absolute atomic E-state index is 0.170. The van der Waals surface area contributed by atoms with E-state index in [4.69, 9.17) is 14.2 Å². The first-order valence-electron chi connectivity index (χ1n) is 9.75. The fraction of sp³-hybridized carbons (Fsp3) is 0.318. The molecule has 0 amide bonds. The lowest BCUT2D eigenvalue weighted by Crippen LogP contribution is -2.09. The number of aromatic nitrogens is 2. The Bertz CT molecular complexity index is 1150. The van der Waals surface area contributed by atoms with Crippen LogP contribution in [0.3, 0.4) is 0 Å². The zero-order valence-electron chi connectivity index (χ0n) is 18.3. The number of ether oxygens (including phenoxy) is 3. The van der Waals surface area contributed by atoms with E-state index in [0.717, 1.165) is 0 Å². The summed E-state index contributed by atoms with van der Waals surface area (Å²) >= 11 is 1.22. The molecule has 2 aromatic heterocycles. The van der Waals surface area contributed by atoms with Gasteiger partial charge in [-0.3, -0.25) is 0 Å². The molecule has 0 saturated carbocycles. The molecule has 0 aliphatic heterocycles. The normalized spacial score (nSPS) is 10.8. The largest absolute Gasteiger partial charge is 0.465 e. The number of benzene rings is 1. The molecule has 3 aromatic rings. The van der Waals surface area contributed by atoms with E-state index in [1.54, 1.807) is 6.92 Å². The van der Waals surface area contributed by atoms with Crippen LogP contribution in [0.4, 0.5) is 11.5 Å². The molecular weight excluding hydrogens is 434 g/mol. The van der Waals surface area contributed by atoms with Crippen molar-refractivity contribution >= 4 is 51.0 Å². The van der Waals surface area contributed by atoms with E-state index in [0.29, 0.717) is 38.8 Å². The number of thiophene rings is 1. The van der Waals surface area contributed by atoms with Crippen molar-refractivity contribution in [3.63, 3.8) is 0 Å². The van der Waals surface area contributed by atoms with Crippen LogP contribution in [0, 0.1) is 12.8 Å². The van der Waals surface area contributed by atoms with Crippen molar-refractivity contribution in [3.05, 3.63) is 46.1 Å². The number of hydrogen-bond donors (Lipinski definition) is 1. The maximum Gasteiger partial charge on any atom is 0.348 e. The molecule has 0 radical (unpaired) electrons. The van der Waals surface area contributed by atoms with Crippen molar-refractivity contribution in [1.82, 2.24) is 9.97 Å². The lowest BCUT2D eigenvalue weighted by atomic mass is 10.1. The van der Waals surface area contributed by atoms with Crippen LogP contribution in [0.1, 0.15) is 49.8 Å². The smallest absolute Gasteiger partial charge is 0.348 e. The van der Waals surface area contributed by atoms with Gasteiger partial charge < -0.3 is 19.5 Å². The van der Waals surface area contributed by atoms with E-state index in [-0.39, 0.29) is 17.0 Å². The number of rotatable bonds is 7. The Balaban J connectivity index is 2.03. The third-order valence-corrected chi connectivity index (χ3v) is 5.68. The second-order valence-corrected chi connectivity index (χ2v) is 8.36. The van der Waals surface area contributed by atoms with Crippen molar-refractivity contribution in [1.29, 1.82) is 0 Å². The molecular formula is C22H23N3O6S. The van der Waals surface area contributed by atoms with Crippen LogP contribution >= 0.6 is 11.3 Å². The Morgan fingerprint density at radius 2 is 1.62 bits per heavy atom. The summed E-state index contributed by atoms with van der Waals surface area (Å²) < 4.78 is 14.9. The Hall–Kier alpha value is -3.53. The van der Waals surface area contributed by atoms with E-state index < -0.39 is 17.9 Å². The van der Waals surface area contributed by atoms with E-state index in [9.17, 15) is 14.4 Å². The van der Waals surface area contributed by atoms with Crippen molar-refractivity contribution in [2.24, 2.45) is 5.92 Å². The Kier molecular flexibility index (Phi) is 7.04. The van der Waals surface area contributed by atoms with Gasteiger partial charge in [-0.25, -0.2) is 24.4 Å². The van der Waals surface area contributed by atoms with Crippen LogP contribution < -0.4 is 5.32 Å². The van der Waals surface area contributed by atoms with Crippen molar-refractivity contribution in [3.8, 4) is 0 Å². The summed E-state index contributed by atoms with van der Waals surface area (Å²) in [5.74, 6) is -0.978. The second kappa shape index (κ2) is 9.73. The summed E-state index contributed by atoms with van der Waals surface area (Å²) in [5.41, 5.74) is 1.44. The molecule has 1 N–H and O–H groups in total. The average Bonchev–Trinajstić information content (AvgIpc) is 3.13. The van der Waals surface area contributed by atoms with Crippen LogP contribution in [0.2, 0.25) is 0 Å². The molecule has 9 nitrogen and oxygen atoms in total. The maximum absolute atomic E-state index is 12.5. The standard InChI is InChI=1S/C22H23N3O6S/c1-11(2)9-31-22(28)17-12(3)16-18(23-10-24-19(16)32-17)25-15-7-13(20(26)29-4)6-14(8-15)21(27)30-5/h6-8,10-11H,9H2,1-5H3,(H,23,24,25). The zero-order valence-corrected chi connectivity index (χ0v) is 19.2. The van der Waals surface area contributed by atoms with Gasteiger partial charge in [0.1, 0.15) is 21.9 Å². The Morgan fingerprint density at radius 1 is 1.00 bits per heavy atom. The summed E-state index contributed by atoms with van der Waals surface area (Å²) in [6.07, 6.45) is 1.37. The monoisotopic (exact) mass is 457 g/mol. The molecule has 0 saturated heterocycles. The number of nitrogens with one attached hydrogen (secondary N) is 1. The van der Waals surface area contributed by atoms with Gasteiger partial charge in [0, 0.05) is 5.69 Å². The number of carbonyl (C=O) groups is 3. The number of aryl methyl sites for hydroxylation is 1. The number of methoxy groups -OCH3 is 2. The highest BCUT2D eigenvalue weighted by Crippen LogP contribution is 2.35. The third kappa shape index (κ3) is 4.86. The average molecular weight is 458 g/mol. The highest BCUT2D eigenvalue weighted by molar-refractivity contribution is 7.20. The van der Waals surface area contributed by atoms with Crippen LogP contribution in [0.25, 0.3) is 10.2 Å². The van der Waals surface area contributed by atoms with Gasteiger partial charge in [-0.05, 0) is 36.6 Å². The van der Waals surface area contributed by atoms with Crippen LogP contribution in [-0.2, 0) is 14.2 Å². The molecule has 0 bridgehead atoms. The summed E-state index contributed by atoms with van der Waals surface area (Å²) in [5, 5.41) is 3.77. The topological polar surface area (TPSA) is 117 Å². The first kappa shape index (κ1) is 23.1. The lowest BCUT2D eigenvalue weighted by molar-refractivity contribution is 0.0463. The Morgan fingerprint density at radius 3 is 2.19 bits per heavy atom. The second-order valence-electron chi connectivity index (χ2n) is 7.36. The number of hydrogen-bond acceptors (Lipinski definition) is 10. The molecule has 2 heterocycles. The molecule has 1 aromatic carbocycles. The molecule has 0 spiro atoms. The first-order chi connectivity index (χ1) is 15.2. The van der Waals surface area contributed by atoms with Gasteiger partial charge in [0.25, 0.3) is 0 Å². The molecule has 32 heavy (non-hydrogen) atoms. The minimum atomic E-state index is -0.603. The van der Waals surface area contributed by atoms with Gasteiger partial charge in [-0.1, -0.05) is 13.8 Å². The zero-order chi connectivity index (χ0) is 23.4. The predicted molar refractivity (Wildman–Crippen MR) is 120 cm³/mol. The molecule has 0 unspecified atom stereocenters. The van der Waals surface area contributed by atoms with Crippen LogP contribution in [0.15, 0.2) is 24.5 Å². The number of fused-ring (bicyclic) bond motifs is 1. The Labute approximate surface area is 188 Å². The molecule has 3 rings (SSSR count). The van der Waals surface area contributed by atoms with E-state index in [1.807, 2.05) is 13.8 Å². The van der Waals surface area contributed by atoms with E-state index in [1.165, 1.54) is 50.1 Å². The fourth-order valence-corrected chi connectivity index (χ4v) is 4.02. The highest BCUT2D eigenvalue weighted by Gasteiger charge is 2.21.